The van der Waals surface area contributed by atoms with Crippen LogP contribution in [0.25, 0.3) is 5.57 Å². The van der Waals surface area contributed by atoms with Crippen molar-refractivity contribution in [3.63, 3.8) is 0 Å². The Morgan fingerprint density at radius 1 is 1.61 bits per heavy atom. The number of hydrogen-bond donors (Lipinski definition) is 2. The standard InChI is InChI=1S/C15H18BrNO2S.C3H4/c1-3-12-7-11(6-9(2)16)14-10(4-5-17-12)8-13(20-14)15(18)19;1-3-2/h3,6,8-9,17H,4-5,7H2,1-2H3,(H,18,19);1H,2H3/b11-6+,12-3+;. The van der Waals surface area contributed by atoms with Crippen molar-refractivity contribution < 1.29 is 9.90 Å². The number of nitrogens with one attached hydrogen (secondary N) is 1. The predicted molar refractivity (Wildman–Crippen MR) is 102 cm³/mol. The van der Waals surface area contributed by atoms with E-state index in [2.05, 4.69) is 52.7 Å². The first-order valence-corrected chi connectivity index (χ1v) is 9.13. The number of fused-ring (bicyclic) bond motifs is 1. The van der Waals surface area contributed by atoms with Crippen LogP contribution in [0.2, 0.25) is 0 Å². The van der Waals surface area contributed by atoms with Crippen molar-refractivity contribution in [2.75, 3.05) is 6.54 Å². The highest BCUT2D eigenvalue weighted by atomic mass is 79.9. The van der Waals surface area contributed by atoms with Crippen LogP contribution in [0.1, 0.15) is 47.3 Å². The molecule has 2 rings (SSSR count). The van der Waals surface area contributed by atoms with Gasteiger partial charge < -0.3 is 10.4 Å². The van der Waals surface area contributed by atoms with Crippen LogP contribution in [-0.4, -0.2) is 22.4 Å². The Labute approximate surface area is 150 Å². The summed E-state index contributed by atoms with van der Waals surface area (Å²) in [6.45, 7) is 6.59. The van der Waals surface area contributed by atoms with Gasteiger partial charge in [0.15, 0.2) is 0 Å². The third-order valence-corrected chi connectivity index (χ3v) is 4.72. The lowest BCUT2D eigenvalue weighted by Gasteiger charge is -2.18. The number of halogens is 1. The third-order valence-electron chi connectivity index (χ3n) is 3.22. The topological polar surface area (TPSA) is 49.3 Å². The highest BCUT2D eigenvalue weighted by molar-refractivity contribution is 9.09. The zero-order chi connectivity index (χ0) is 17.4. The molecule has 0 amide bonds. The van der Waals surface area contributed by atoms with E-state index in [9.17, 15) is 9.90 Å². The van der Waals surface area contributed by atoms with Gasteiger partial charge in [0.2, 0.25) is 0 Å². The van der Waals surface area contributed by atoms with Crippen LogP contribution in [0.4, 0.5) is 0 Å². The lowest BCUT2D eigenvalue weighted by atomic mass is 9.99. The molecule has 0 aromatic carbocycles. The SMILES string of the molecule is C#CC.C/C=C1\C/C(=C\C(C)Br)c2sc(C(=O)O)cc2CCN1. The molecule has 2 N–H and O–H groups in total. The number of alkyl halides is 1. The lowest BCUT2D eigenvalue weighted by Crippen LogP contribution is -2.19. The second-order valence-corrected chi connectivity index (χ2v) is 7.59. The van der Waals surface area contributed by atoms with Crippen LogP contribution in [0.5, 0.6) is 0 Å². The number of hydrogen-bond acceptors (Lipinski definition) is 3. The minimum absolute atomic E-state index is 0.262. The van der Waals surface area contributed by atoms with Gasteiger partial charge in [-0.15, -0.1) is 23.7 Å². The van der Waals surface area contributed by atoms with Crippen LogP contribution in [0.3, 0.4) is 0 Å². The summed E-state index contributed by atoms with van der Waals surface area (Å²) in [5, 5.41) is 12.6. The molecular formula is C18H22BrNO2S. The molecule has 2 heterocycles. The summed E-state index contributed by atoms with van der Waals surface area (Å²) in [7, 11) is 0. The van der Waals surface area contributed by atoms with Crippen LogP contribution >= 0.6 is 27.3 Å². The van der Waals surface area contributed by atoms with Crippen molar-refractivity contribution >= 4 is 38.8 Å². The van der Waals surface area contributed by atoms with Gasteiger partial charge in [0, 0.05) is 28.4 Å². The van der Waals surface area contributed by atoms with E-state index in [1.165, 1.54) is 22.6 Å². The Hall–Kier alpha value is -1.51. The van der Waals surface area contributed by atoms with Gasteiger partial charge in [0.25, 0.3) is 0 Å². The molecule has 0 saturated carbocycles. The molecule has 1 aliphatic heterocycles. The van der Waals surface area contributed by atoms with Gasteiger partial charge in [-0.2, -0.15) is 0 Å². The van der Waals surface area contributed by atoms with E-state index in [1.54, 1.807) is 6.92 Å². The number of rotatable bonds is 2. The third kappa shape index (κ3) is 5.89. The molecule has 124 valence electrons. The molecule has 0 aliphatic carbocycles. The van der Waals surface area contributed by atoms with E-state index in [0.717, 1.165) is 29.8 Å². The first-order chi connectivity index (χ1) is 10.9. The van der Waals surface area contributed by atoms with E-state index < -0.39 is 5.97 Å². The quantitative estimate of drug-likeness (QED) is 0.563. The Morgan fingerprint density at radius 2 is 2.26 bits per heavy atom. The maximum absolute atomic E-state index is 11.2. The van der Waals surface area contributed by atoms with Gasteiger partial charge in [-0.3, -0.25) is 0 Å². The van der Waals surface area contributed by atoms with Crippen molar-refractivity contribution in [3.05, 3.63) is 39.2 Å². The Bertz CT molecular complexity index is 650. The summed E-state index contributed by atoms with van der Waals surface area (Å²) in [4.78, 5) is 13.0. The van der Waals surface area contributed by atoms with Gasteiger partial charge in [-0.1, -0.05) is 28.1 Å². The molecule has 23 heavy (non-hydrogen) atoms. The molecule has 0 saturated heterocycles. The van der Waals surface area contributed by atoms with Crippen molar-refractivity contribution in [1.82, 2.24) is 5.32 Å². The van der Waals surface area contributed by atoms with Crippen molar-refractivity contribution in [2.45, 2.75) is 38.4 Å². The molecule has 0 fully saturated rings. The minimum atomic E-state index is -0.841. The predicted octanol–water partition coefficient (Wildman–Crippen LogP) is 4.69. The van der Waals surface area contributed by atoms with Crippen LogP contribution in [0.15, 0.2) is 23.9 Å². The Balaban J connectivity index is 0.000000816. The number of carboxylic acids is 1. The van der Waals surface area contributed by atoms with Gasteiger partial charge in [-0.05, 0) is 44.4 Å². The molecule has 1 aromatic heterocycles. The summed E-state index contributed by atoms with van der Waals surface area (Å²) in [5.74, 6) is 1.41. The number of carbonyl (C=O) groups is 1. The van der Waals surface area contributed by atoms with E-state index in [0.29, 0.717) is 4.88 Å². The van der Waals surface area contributed by atoms with Crippen molar-refractivity contribution in [1.29, 1.82) is 0 Å². The summed E-state index contributed by atoms with van der Waals surface area (Å²) in [6, 6.07) is 1.82. The summed E-state index contributed by atoms with van der Waals surface area (Å²) < 4.78 is 0. The fourth-order valence-electron chi connectivity index (χ4n) is 2.31. The average Bonchev–Trinajstić information content (AvgIpc) is 2.87. The fraction of sp³-hybridized carbons (Fsp3) is 0.389. The maximum atomic E-state index is 11.2. The summed E-state index contributed by atoms with van der Waals surface area (Å²) >= 11 is 4.94. The number of allylic oxidation sites excluding steroid dienone is 3. The van der Waals surface area contributed by atoms with Crippen molar-refractivity contribution in [2.24, 2.45) is 0 Å². The van der Waals surface area contributed by atoms with Crippen molar-refractivity contribution in [3.8, 4) is 12.3 Å². The van der Waals surface area contributed by atoms with Crippen LogP contribution in [0, 0.1) is 12.3 Å². The van der Waals surface area contributed by atoms with E-state index in [4.69, 9.17) is 0 Å². The monoisotopic (exact) mass is 395 g/mol. The fourth-order valence-corrected chi connectivity index (χ4v) is 3.70. The zero-order valence-electron chi connectivity index (χ0n) is 13.6. The van der Waals surface area contributed by atoms with Gasteiger partial charge in [-0.25, -0.2) is 4.79 Å². The largest absolute Gasteiger partial charge is 0.477 e. The molecule has 1 atom stereocenters. The molecule has 3 nitrogen and oxygen atoms in total. The number of thiophene rings is 1. The number of terminal acetylenes is 1. The molecular weight excluding hydrogens is 374 g/mol. The highest BCUT2D eigenvalue weighted by Crippen LogP contribution is 2.35. The molecule has 5 heteroatoms. The van der Waals surface area contributed by atoms with E-state index >= 15 is 0 Å². The molecule has 0 spiro atoms. The highest BCUT2D eigenvalue weighted by Gasteiger charge is 2.19. The second kappa shape index (κ2) is 9.59. The maximum Gasteiger partial charge on any atom is 0.345 e. The molecule has 0 radical (unpaired) electrons. The molecule has 1 aromatic rings. The molecule has 0 bridgehead atoms. The average molecular weight is 396 g/mol. The van der Waals surface area contributed by atoms with Crippen LogP contribution < -0.4 is 5.32 Å². The van der Waals surface area contributed by atoms with E-state index in [-0.39, 0.29) is 4.83 Å². The smallest absolute Gasteiger partial charge is 0.345 e. The first-order valence-electron chi connectivity index (χ1n) is 7.40. The van der Waals surface area contributed by atoms with Gasteiger partial charge in [0.1, 0.15) is 4.88 Å². The van der Waals surface area contributed by atoms with Gasteiger partial charge in [0.05, 0.1) is 0 Å². The number of carboxylic acid groups (broad SMARTS) is 1. The first kappa shape index (κ1) is 19.5. The van der Waals surface area contributed by atoms with Gasteiger partial charge >= 0.3 is 5.97 Å². The lowest BCUT2D eigenvalue weighted by molar-refractivity contribution is 0.0702. The summed E-state index contributed by atoms with van der Waals surface area (Å²) in [5.41, 5.74) is 3.52. The Morgan fingerprint density at radius 3 is 2.78 bits per heavy atom. The minimum Gasteiger partial charge on any atom is -0.477 e. The second-order valence-electron chi connectivity index (χ2n) is 5.10. The molecule has 1 unspecified atom stereocenters. The molecule has 1 aliphatic rings. The number of aromatic carboxylic acids is 1. The Kier molecular flexibility index (Phi) is 8.15. The summed E-state index contributed by atoms with van der Waals surface area (Å²) in [6.07, 6.45) is 10.5. The zero-order valence-corrected chi connectivity index (χ0v) is 16.1. The van der Waals surface area contributed by atoms with Crippen LogP contribution in [-0.2, 0) is 6.42 Å². The normalized spacial score (nSPS) is 18.6. The van der Waals surface area contributed by atoms with E-state index in [1.807, 2.05) is 13.0 Å².